The number of sulfone groups is 1. The molecule has 0 saturated carbocycles. The lowest BCUT2D eigenvalue weighted by molar-refractivity contribution is -0.385. The molecule has 0 radical (unpaired) electrons. The molecule has 0 atom stereocenters. The van der Waals surface area contributed by atoms with Crippen LogP contribution in [0.1, 0.15) is 16.7 Å². The molecule has 0 bridgehead atoms. The van der Waals surface area contributed by atoms with Crippen LogP contribution in [-0.2, 0) is 9.84 Å². The monoisotopic (exact) mass is 342 g/mol. The van der Waals surface area contributed by atoms with Crippen molar-refractivity contribution in [3.8, 4) is 6.07 Å². The van der Waals surface area contributed by atoms with Crippen molar-refractivity contribution < 1.29 is 13.3 Å². The molecule has 7 heteroatoms. The van der Waals surface area contributed by atoms with E-state index in [4.69, 9.17) is 0 Å². The van der Waals surface area contributed by atoms with Crippen molar-refractivity contribution in [2.75, 3.05) is 0 Å². The van der Waals surface area contributed by atoms with E-state index in [0.717, 1.165) is 11.6 Å². The zero-order chi connectivity index (χ0) is 17.9. The van der Waals surface area contributed by atoms with Gasteiger partial charge in [-0.2, -0.15) is 5.26 Å². The van der Waals surface area contributed by atoms with Gasteiger partial charge in [-0.25, -0.2) is 8.42 Å². The van der Waals surface area contributed by atoms with Gasteiger partial charge in [0.05, 0.1) is 9.82 Å². The van der Waals surface area contributed by atoms with E-state index in [1.165, 1.54) is 30.3 Å². The summed E-state index contributed by atoms with van der Waals surface area (Å²) in [6, 6.07) is 12.1. The van der Waals surface area contributed by atoms with E-state index in [0.29, 0.717) is 5.56 Å². The van der Waals surface area contributed by atoms with Gasteiger partial charge in [0.25, 0.3) is 5.69 Å². The Kier molecular flexibility index (Phi) is 4.81. The standard InChI is InChI=1S/C17H14N2O4S/c1-12-3-7-15(8-4-12)24(22,23)16(11-18)9-14-6-5-13(2)17(10-14)19(20)21/h3-10H,1-2H3/b16-9+. The Morgan fingerprint density at radius 3 is 2.33 bits per heavy atom. The largest absolute Gasteiger partial charge is 0.272 e. The van der Waals surface area contributed by atoms with Crippen LogP contribution in [0.4, 0.5) is 5.69 Å². The second-order valence-electron chi connectivity index (χ2n) is 5.24. The molecule has 2 aromatic rings. The molecule has 0 unspecified atom stereocenters. The highest BCUT2D eigenvalue weighted by molar-refractivity contribution is 7.95. The van der Waals surface area contributed by atoms with Crippen LogP contribution in [0.2, 0.25) is 0 Å². The van der Waals surface area contributed by atoms with Crippen LogP contribution >= 0.6 is 0 Å². The molecule has 0 N–H and O–H groups in total. The number of allylic oxidation sites excluding steroid dienone is 1. The van der Waals surface area contributed by atoms with Crippen LogP contribution in [0.15, 0.2) is 52.3 Å². The summed E-state index contributed by atoms with van der Waals surface area (Å²) in [5.41, 5.74) is 1.50. The number of nitrogens with zero attached hydrogens (tertiary/aromatic N) is 2. The van der Waals surface area contributed by atoms with Crippen LogP contribution in [0.25, 0.3) is 6.08 Å². The van der Waals surface area contributed by atoms with Gasteiger partial charge in [0, 0.05) is 11.6 Å². The summed E-state index contributed by atoms with van der Waals surface area (Å²) in [4.78, 5) is 9.97. The molecule has 122 valence electrons. The first-order chi connectivity index (χ1) is 11.3. The molecule has 0 saturated heterocycles. The summed E-state index contributed by atoms with van der Waals surface area (Å²) < 4.78 is 25.1. The maximum Gasteiger partial charge on any atom is 0.272 e. The molecule has 0 aliphatic heterocycles. The van der Waals surface area contributed by atoms with Crippen LogP contribution in [-0.4, -0.2) is 13.3 Å². The minimum Gasteiger partial charge on any atom is -0.258 e. The number of nitriles is 1. The quantitative estimate of drug-likeness (QED) is 0.480. The Bertz CT molecular complexity index is 969. The number of hydrogen-bond acceptors (Lipinski definition) is 5. The number of hydrogen-bond donors (Lipinski definition) is 0. The average molecular weight is 342 g/mol. The van der Waals surface area contributed by atoms with Gasteiger partial charge in [0.2, 0.25) is 9.84 Å². The summed E-state index contributed by atoms with van der Waals surface area (Å²) >= 11 is 0. The highest BCUT2D eigenvalue weighted by Gasteiger charge is 2.21. The fourth-order valence-electron chi connectivity index (χ4n) is 2.08. The molecule has 24 heavy (non-hydrogen) atoms. The molecule has 0 aliphatic carbocycles. The fourth-order valence-corrected chi connectivity index (χ4v) is 3.24. The molecule has 0 aliphatic rings. The Morgan fingerprint density at radius 2 is 1.79 bits per heavy atom. The summed E-state index contributed by atoms with van der Waals surface area (Å²) in [6.45, 7) is 3.41. The second kappa shape index (κ2) is 6.64. The SMILES string of the molecule is Cc1ccc(S(=O)(=O)/C(C#N)=C/c2ccc(C)c([N+](=O)[O-])c2)cc1. The van der Waals surface area contributed by atoms with Crippen molar-refractivity contribution in [1.29, 1.82) is 5.26 Å². The summed E-state index contributed by atoms with van der Waals surface area (Å²) in [7, 11) is -3.98. The van der Waals surface area contributed by atoms with Crippen molar-refractivity contribution >= 4 is 21.6 Å². The smallest absolute Gasteiger partial charge is 0.258 e. The molecular formula is C17H14N2O4S. The Morgan fingerprint density at radius 1 is 1.17 bits per heavy atom. The maximum absolute atomic E-state index is 12.5. The minimum absolute atomic E-state index is 0.00233. The Labute approximate surface area is 139 Å². The Hall–Kier alpha value is -2.98. The first-order valence-corrected chi connectivity index (χ1v) is 8.42. The van der Waals surface area contributed by atoms with Crippen molar-refractivity contribution in [3.05, 3.63) is 74.2 Å². The van der Waals surface area contributed by atoms with Gasteiger partial charge in [-0.3, -0.25) is 10.1 Å². The molecule has 6 nitrogen and oxygen atoms in total. The van der Waals surface area contributed by atoms with Crippen LogP contribution in [0.3, 0.4) is 0 Å². The first kappa shape index (κ1) is 17.4. The number of aryl methyl sites for hydroxylation is 2. The van der Waals surface area contributed by atoms with Crippen LogP contribution < -0.4 is 0 Å². The van der Waals surface area contributed by atoms with Crippen LogP contribution in [0.5, 0.6) is 0 Å². The summed E-state index contributed by atoms with van der Waals surface area (Å²) in [6.07, 6.45) is 1.14. The molecule has 0 spiro atoms. The lowest BCUT2D eigenvalue weighted by Crippen LogP contribution is -2.03. The predicted octanol–water partition coefficient (Wildman–Crippen LogP) is 3.55. The molecule has 2 aromatic carbocycles. The maximum atomic E-state index is 12.5. The molecule has 0 fully saturated rings. The van der Waals surface area contributed by atoms with E-state index < -0.39 is 19.7 Å². The van der Waals surface area contributed by atoms with Crippen molar-refractivity contribution in [1.82, 2.24) is 0 Å². The highest BCUT2D eigenvalue weighted by Crippen LogP contribution is 2.24. The number of nitro groups is 1. The highest BCUT2D eigenvalue weighted by atomic mass is 32.2. The van der Waals surface area contributed by atoms with E-state index in [1.807, 2.05) is 6.92 Å². The summed E-state index contributed by atoms with van der Waals surface area (Å²) in [5.74, 6) is 0. The van der Waals surface area contributed by atoms with Crippen molar-refractivity contribution in [3.63, 3.8) is 0 Å². The van der Waals surface area contributed by atoms with Gasteiger partial charge in [0.1, 0.15) is 11.0 Å². The predicted molar refractivity (Wildman–Crippen MR) is 89.8 cm³/mol. The fraction of sp³-hybridized carbons (Fsp3) is 0.118. The van der Waals surface area contributed by atoms with Crippen LogP contribution in [0, 0.1) is 35.3 Å². The number of benzene rings is 2. The van der Waals surface area contributed by atoms with E-state index in [1.54, 1.807) is 25.1 Å². The summed E-state index contributed by atoms with van der Waals surface area (Å²) in [5, 5.41) is 20.2. The average Bonchev–Trinajstić information content (AvgIpc) is 2.54. The van der Waals surface area contributed by atoms with Gasteiger partial charge < -0.3 is 0 Å². The molecule has 2 rings (SSSR count). The third kappa shape index (κ3) is 3.50. The van der Waals surface area contributed by atoms with Crippen molar-refractivity contribution in [2.45, 2.75) is 18.7 Å². The van der Waals surface area contributed by atoms with Gasteiger partial charge >= 0.3 is 0 Å². The van der Waals surface area contributed by atoms with Gasteiger partial charge in [0.15, 0.2) is 0 Å². The Balaban J connectivity index is 2.54. The molecular weight excluding hydrogens is 328 g/mol. The zero-order valence-electron chi connectivity index (χ0n) is 13.1. The van der Waals surface area contributed by atoms with E-state index in [9.17, 15) is 23.8 Å². The van der Waals surface area contributed by atoms with E-state index in [-0.39, 0.29) is 16.1 Å². The van der Waals surface area contributed by atoms with Gasteiger partial charge in [-0.1, -0.05) is 29.8 Å². The van der Waals surface area contributed by atoms with E-state index in [2.05, 4.69) is 0 Å². The third-order valence-electron chi connectivity index (χ3n) is 3.46. The number of rotatable bonds is 4. The second-order valence-corrected chi connectivity index (χ2v) is 7.16. The molecule has 0 amide bonds. The topological polar surface area (TPSA) is 101 Å². The molecule has 0 heterocycles. The van der Waals surface area contributed by atoms with Gasteiger partial charge in [-0.05, 0) is 37.6 Å². The van der Waals surface area contributed by atoms with Gasteiger partial charge in [-0.15, -0.1) is 0 Å². The van der Waals surface area contributed by atoms with Crippen molar-refractivity contribution in [2.24, 2.45) is 0 Å². The molecule has 0 aromatic heterocycles. The minimum atomic E-state index is -3.98. The lowest BCUT2D eigenvalue weighted by Gasteiger charge is -2.04. The van der Waals surface area contributed by atoms with E-state index >= 15 is 0 Å². The zero-order valence-corrected chi connectivity index (χ0v) is 13.9. The third-order valence-corrected chi connectivity index (χ3v) is 5.14. The first-order valence-electron chi connectivity index (χ1n) is 6.94. The normalized spacial score (nSPS) is 11.8. The lowest BCUT2D eigenvalue weighted by atomic mass is 10.1. The number of nitro benzene ring substituents is 1.